The van der Waals surface area contributed by atoms with Crippen LogP contribution in [-0.4, -0.2) is 66.1 Å². The summed E-state index contributed by atoms with van der Waals surface area (Å²) in [5.41, 5.74) is -0.0397. The van der Waals surface area contributed by atoms with Crippen molar-refractivity contribution < 1.29 is 37.0 Å². The van der Waals surface area contributed by atoms with Crippen molar-refractivity contribution >= 4 is 39.3 Å². The number of alkyl halides is 3. The Labute approximate surface area is 260 Å². The fourth-order valence-electron chi connectivity index (χ4n) is 4.48. The third-order valence-corrected chi connectivity index (χ3v) is 7.98. The van der Waals surface area contributed by atoms with Gasteiger partial charge < -0.3 is 24.1 Å². The SMILES string of the molecule is C/C=C(\C(=O)OC(C)N(C)C)c1c(C(C)(C)CNC(=O)OC(C)(C)C)c2nc(C(F)(F)F)sc2n1Cc1ccc(OC)cc1. The number of alkyl carbamates (subject to hydrolysis) is 1. The second-order valence-electron chi connectivity index (χ2n) is 12.2. The fraction of sp³-hybridized carbons (Fsp3) is 0.516. The first kappa shape index (κ1) is 34.9. The van der Waals surface area contributed by atoms with E-state index in [1.54, 1.807) is 102 Å². The number of thiazole rings is 1. The minimum atomic E-state index is -4.69. The number of ether oxygens (including phenoxy) is 3. The molecule has 1 aromatic carbocycles. The van der Waals surface area contributed by atoms with E-state index in [1.165, 1.54) is 7.11 Å². The van der Waals surface area contributed by atoms with Gasteiger partial charge in [-0.05, 0) is 66.4 Å². The van der Waals surface area contributed by atoms with Crippen molar-refractivity contribution in [2.24, 2.45) is 0 Å². The van der Waals surface area contributed by atoms with Gasteiger partial charge in [-0.3, -0.25) is 4.90 Å². The first-order valence-corrected chi connectivity index (χ1v) is 14.8. The smallest absolute Gasteiger partial charge is 0.443 e. The molecular weight excluding hydrogens is 597 g/mol. The van der Waals surface area contributed by atoms with Gasteiger partial charge in [-0.25, -0.2) is 14.6 Å². The van der Waals surface area contributed by atoms with Crippen LogP contribution in [0.1, 0.15) is 70.3 Å². The Balaban J connectivity index is 2.31. The molecule has 1 atom stereocenters. The largest absolute Gasteiger partial charge is 0.497 e. The number of carbonyl (C=O) groups excluding carboxylic acids is 2. The molecule has 2 aromatic heterocycles. The number of rotatable bonds is 10. The van der Waals surface area contributed by atoms with E-state index in [4.69, 9.17) is 14.2 Å². The molecule has 0 saturated carbocycles. The molecular formula is C31H41F3N4O5S. The average Bonchev–Trinajstić information content (AvgIpc) is 3.46. The highest BCUT2D eigenvalue weighted by atomic mass is 32.1. The van der Waals surface area contributed by atoms with Gasteiger partial charge in [0.15, 0.2) is 6.23 Å². The molecule has 0 bridgehead atoms. The quantitative estimate of drug-likeness (QED) is 0.148. The number of benzene rings is 1. The van der Waals surface area contributed by atoms with Crippen molar-refractivity contribution in [3.05, 3.63) is 52.2 Å². The third-order valence-electron chi connectivity index (χ3n) is 6.86. The van der Waals surface area contributed by atoms with Crippen LogP contribution in [-0.2, 0) is 32.4 Å². The van der Waals surface area contributed by atoms with Gasteiger partial charge in [-0.1, -0.05) is 43.4 Å². The Morgan fingerprint density at radius 3 is 2.23 bits per heavy atom. The molecule has 0 radical (unpaired) electrons. The number of allylic oxidation sites excluding steroid dienone is 1. The third kappa shape index (κ3) is 8.12. The lowest BCUT2D eigenvalue weighted by atomic mass is 9.82. The highest BCUT2D eigenvalue weighted by Gasteiger charge is 2.41. The topological polar surface area (TPSA) is 94.9 Å². The van der Waals surface area contributed by atoms with Gasteiger partial charge in [0.1, 0.15) is 21.7 Å². The van der Waals surface area contributed by atoms with Crippen LogP contribution in [0.5, 0.6) is 5.75 Å². The van der Waals surface area contributed by atoms with Crippen LogP contribution in [0, 0.1) is 0 Å². The molecule has 1 N–H and O–H groups in total. The van der Waals surface area contributed by atoms with E-state index >= 15 is 0 Å². The molecule has 44 heavy (non-hydrogen) atoms. The summed E-state index contributed by atoms with van der Waals surface area (Å²) in [4.78, 5) is 32.3. The minimum absolute atomic E-state index is 0.0183. The summed E-state index contributed by atoms with van der Waals surface area (Å²) in [7, 11) is 5.06. The standard InChI is InChI=1S/C31H41F3N4O5S/c1-11-21(26(39)42-18(2)37(8)9)24-22(30(6,7)17-35-28(40)43-29(3,4)5)23-25(44-27(36-23)31(32,33)34)38(24)16-19-12-14-20(41-10)15-13-19/h11-15,18H,16-17H2,1-10H3,(H,35,40)/b21-11-. The van der Waals surface area contributed by atoms with Crippen LogP contribution in [0.3, 0.4) is 0 Å². The first-order chi connectivity index (χ1) is 20.3. The van der Waals surface area contributed by atoms with Crippen LogP contribution in [0.4, 0.5) is 18.0 Å². The number of nitrogens with zero attached hydrogens (tertiary/aromatic N) is 3. The Kier molecular flexibility index (Phi) is 10.5. The number of methoxy groups -OCH3 is 1. The molecule has 13 heteroatoms. The lowest BCUT2D eigenvalue weighted by Crippen LogP contribution is -2.40. The molecule has 0 aliphatic rings. The molecule has 1 unspecified atom stereocenters. The van der Waals surface area contributed by atoms with Crippen LogP contribution in [0.2, 0.25) is 0 Å². The van der Waals surface area contributed by atoms with Gasteiger partial charge in [0.2, 0.25) is 5.01 Å². The molecule has 242 valence electrons. The van der Waals surface area contributed by atoms with Crippen molar-refractivity contribution in [2.75, 3.05) is 27.7 Å². The van der Waals surface area contributed by atoms with E-state index in [0.717, 1.165) is 5.56 Å². The van der Waals surface area contributed by atoms with Crippen LogP contribution in [0.15, 0.2) is 30.3 Å². The van der Waals surface area contributed by atoms with Crippen molar-refractivity contribution in [2.45, 2.75) is 78.4 Å². The predicted molar refractivity (Wildman–Crippen MR) is 165 cm³/mol. The number of aromatic nitrogens is 2. The minimum Gasteiger partial charge on any atom is -0.497 e. The van der Waals surface area contributed by atoms with E-state index in [9.17, 15) is 22.8 Å². The van der Waals surface area contributed by atoms with Gasteiger partial charge in [-0.2, -0.15) is 13.2 Å². The Bertz CT molecular complexity index is 1520. The summed E-state index contributed by atoms with van der Waals surface area (Å²) >= 11 is 0.502. The van der Waals surface area contributed by atoms with Crippen molar-refractivity contribution in [1.29, 1.82) is 0 Å². The molecule has 0 fully saturated rings. The molecule has 0 saturated heterocycles. The number of hydrogen-bond acceptors (Lipinski definition) is 8. The number of nitrogens with one attached hydrogen (secondary N) is 1. The molecule has 0 aliphatic heterocycles. The van der Waals surface area contributed by atoms with E-state index in [2.05, 4.69) is 10.3 Å². The maximum absolute atomic E-state index is 14.0. The van der Waals surface area contributed by atoms with E-state index in [0.29, 0.717) is 28.3 Å². The van der Waals surface area contributed by atoms with Crippen molar-refractivity contribution in [3.63, 3.8) is 0 Å². The van der Waals surface area contributed by atoms with E-state index in [-0.39, 0.29) is 29.0 Å². The summed E-state index contributed by atoms with van der Waals surface area (Å²) in [6.07, 6.45) is -4.36. The second kappa shape index (κ2) is 13.2. The highest BCUT2D eigenvalue weighted by molar-refractivity contribution is 7.18. The zero-order valence-electron chi connectivity index (χ0n) is 26.8. The maximum atomic E-state index is 14.0. The van der Waals surface area contributed by atoms with Gasteiger partial charge >= 0.3 is 18.2 Å². The maximum Gasteiger partial charge on any atom is 0.443 e. The monoisotopic (exact) mass is 638 g/mol. The summed E-state index contributed by atoms with van der Waals surface area (Å²) in [5.74, 6) is -0.0303. The molecule has 0 aliphatic carbocycles. The Morgan fingerprint density at radius 1 is 1.11 bits per heavy atom. The molecule has 1 amide bonds. The lowest BCUT2D eigenvalue weighted by Gasteiger charge is -2.29. The predicted octanol–water partition coefficient (Wildman–Crippen LogP) is 6.83. The van der Waals surface area contributed by atoms with Gasteiger partial charge in [0, 0.05) is 24.1 Å². The molecule has 3 aromatic rings. The molecule has 0 spiro atoms. The number of amides is 1. The number of fused-ring (bicyclic) bond motifs is 1. The number of hydrogen-bond donors (Lipinski definition) is 1. The zero-order chi connectivity index (χ0) is 33.2. The second-order valence-corrected chi connectivity index (χ2v) is 13.2. The Morgan fingerprint density at radius 2 is 1.73 bits per heavy atom. The normalized spacial score (nSPS) is 13.7. The molecule has 2 heterocycles. The summed E-state index contributed by atoms with van der Waals surface area (Å²) in [5, 5.41) is 1.73. The van der Waals surface area contributed by atoms with Gasteiger partial charge in [0.25, 0.3) is 0 Å². The number of esters is 1. The summed E-state index contributed by atoms with van der Waals surface area (Å²) in [6.45, 7) is 12.2. The van der Waals surface area contributed by atoms with Gasteiger partial charge in [-0.15, -0.1) is 0 Å². The van der Waals surface area contributed by atoms with Gasteiger partial charge in [0.05, 0.1) is 18.4 Å². The number of carbonyl (C=O) groups is 2. The summed E-state index contributed by atoms with van der Waals surface area (Å²) < 4.78 is 60.1. The van der Waals surface area contributed by atoms with E-state index in [1.807, 2.05) is 0 Å². The van der Waals surface area contributed by atoms with Crippen molar-refractivity contribution in [3.8, 4) is 5.75 Å². The fourth-order valence-corrected chi connectivity index (χ4v) is 5.43. The Hall–Kier alpha value is -3.58. The zero-order valence-corrected chi connectivity index (χ0v) is 27.6. The highest BCUT2D eigenvalue weighted by Crippen LogP contribution is 2.44. The molecule has 3 rings (SSSR count). The van der Waals surface area contributed by atoms with Crippen molar-refractivity contribution in [1.82, 2.24) is 19.8 Å². The van der Waals surface area contributed by atoms with Crippen LogP contribution >= 0.6 is 11.3 Å². The number of halogens is 3. The lowest BCUT2D eigenvalue weighted by molar-refractivity contribution is -0.148. The van der Waals surface area contributed by atoms with Crippen LogP contribution in [0.25, 0.3) is 15.9 Å². The average molecular weight is 639 g/mol. The van der Waals surface area contributed by atoms with E-state index < -0.39 is 40.5 Å². The van der Waals surface area contributed by atoms with Crippen LogP contribution < -0.4 is 10.1 Å². The summed E-state index contributed by atoms with van der Waals surface area (Å²) in [6, 6.07) is 7.11. The molecule has 9 nitrogen and oxygen atoms in total. The first-order valence-electron chi connectivity index (χ1n) is 14.0.